The Morgan fingerprint density at radius 1 is 0.968 bits per heavy atom. The monoisotopic (exact) mass is 535 g/mol. The molecule has 0 saturated heterocycles. The van der Waals surface area contributed by atoms with Gasteiger partial charge < -0.3 is 30.4 Å². The number of nitrogens with one attached hydrogen (secondary N) is 1. The zero-order chi connectivity index (χ0) is 21.2. The van der Waals surface area contributed by atoms with Crippen LogP contribution in [-0.4, -0.2) is 31.4 Å². The number of hydrogen-bond acceptors (Lipinski definition) is 5. The van der Waals surface area contributed by atoms with E-state index < -0.39 is 0 Å². The first-order chi connectivity index (χ1) is 14.7. The number of methoxy groups -OCH3 is 1. The van der Waals surface area contributed by atoms with Gasteiger partial charge in [-0.15, -0.1) is 24.0 Å². The molecule has 0 bridgehead atoms. The topological polar surface area (TPSA) is 98.3 Å². The van der Waals surface area contributed by atoms with Gasteiger partial charge in [-0.2, -0.15) is 0 Å². The SMILES string of the molecule is COc1cc(CN=C(N)Nc2cccc(Oc3ccccc3)c2)ccc1OCCO.I. The molecule has 0 saturated carbocycles. The molecular formula is C23H26IN3O4. The highest BCUT2D eigenvalue weighted by molar-refractivity contribution is 14.0. The van der Waals surface area contributed by atoms with Gasteiger partial charge in [0.25, 0.3) is 0 Å². The number of nitrogens with two attached hydrogens (primary N) is 1. The summed E-state index contributed by atoms with van der Waals surface area (Å²) in [6.07, 6.45) is 0. The number of para-hydroxylation sites is 1. The average molecular weight is 535 g/mol. The van der Waals surface area contributed by atoms with Crippen LogP contribution in [0.5, 0.6) is 23.0 Å². The van der Waals surface area contributed by atoms with Crippen LogP contribution in [0.3, 0.4) is 0 Å². The lowest BCUT2D eigenvalue weighted by molar-refractivity contribution is 0.196. The van der Waals surface area contributed by atoms with Gasteiger partial charge in [-0.1, -0.05) is 30.3 Å². The normalized spacial score (nSPS) is 10.7. The van der Waals surface area contributed by atoms with Gasteiger partial charge in [0.1, 0.15) is 18.1 Å². The Labute approximate surface area is 198 Å². The van der Waals surface area contributed by atoms with Crippen LogP contribution in [0.15, 0.2) is 77.8 Å². The molecule has 0 fully saturated rings. The van der Waals surface area contributed by atoms with Crippen LogP contribution in [-0.2, 0) is 6.54 Å². The van der Waals surface area contributed by atoms with Crippen LogP contribution in [0.25, 0.3) is 0 Å². The Bertz CT molecular complexity index is 984. The molecule has 3 aromatic rings. The van der Waals surface area contributed by atoms with Crippen molar-refractivity contribution in [1.82, 2.24) is 0 Å². The first-order valence-electron chi connectivity index (χ1n) is 9.48. The average Bonchev–Trinajstić information content (AvgIpc) is 2.77. The fourth-order valence-electron chi connectivity index (χ4n) is 2.71. The number of aliphatic imine (C=N–C) groups is 1. The quantitative estimate of drug-likeness (QED) is 0.214. The van der Waals surface area contributed by atoms with Gasteiger partial charge >= 0.3 is 0 Å². The summed E-state index contributed by atoms with van der Waals surface area (Å²) >= 11 is 0. The van der Waals surface area contributed by atoms with Crippen molar-refractivity contribution < 1.29 is 19.3 Å². The molecule has 164 valence electrons. The predicted molar refractivity (Wildman–Crippen MR) is 133 cm³/mol. The second-order valence-corrected chi connectivity index (χ2v) is 6.33. The summed E-state index contributed by atoms with van der Waals surface area (Å²) in [6.45, 7) is 0.516. The Morgan fingerprint density at radius 3 is 2.48 bits per heavy atom. The van der Waals surface area contributed by atoms with Crippen LogP contribution in [0.4, 0.5) is 5.69 Å². The highest BCUT2D eigenvalue weighted by Gasteiger charge is 2.06. The van der Waals surface area contributed by atoms with Crippen molar-refractivity contribution in [3.63, 3.8) is 0 Å². The van der Waals surface area contributed by atoms with Crippen LogP contribution in [0.2, 0.25) is 0 Å². The van der Waals surface area contributed by atoms with Gasteiger partial charge in [0.05, 0.1) is 20.3 Å². The Hall–Kier alpha value is -2.98. The predicted octanol–water partition coefficient (Wildman–Crippen LogP) is 4.40. The van der Waals surface area contributed by atoms with E-state index in [1.54, 1.807) is 13.2 Å². The smallest absolute Gasteiger partial charge is 0.193 e. The second kappa shape index (κ2) is 12.7. The number of aliphatic hydroxyl groups is 1. The molecule has 0 aliphatic carbocycles. The maximum atomic E-state index is 8.89. The number of ether oxygens (including phenoxy) is 3. The molecule has 0 radical (unpaired) electrons. The zero-order valence-corrected chi connectivity index (χ0v) is 19.5. The molecule has 0 unspecified atom stereocenters. The van der Waals surface area contributed by atoms with Crippen molar-refractivity contribution in [2.45, 2.75) is 6.54 Å². The van der Waals surface area contributed by atoms with Crippen molar-refractivity contribution >= 4 is 35.6 Å². The van der Waals surface area contributed by atoms with Crippen molar-refractivity contribution in [3.8, 4) is 23.0 Å². The summed E-state index contributed by atoms with van der Waals surface area (Å²) in [4.78, 5) is 4.38. The van der Waals surface area contributed by atoms with E-state index in [0.717, 1.165) is 17.0 Å². The van der Waals surface area contributed by atoms with E-state index in [1.165, 1.54) is 0 Å². The number of halogens is 1. The number of anilines is 1. The van der Waals surface area contributed by atoms with E-state index in [2.05, 4.69) is 10.3 Å². The fraction of sp³-hybridized carbons (Fsp3) is 0.174. The molecule has 4 N–H and O–H groups in total. The van der Waals surface area contributed by atoms with Gasteiger partial charge in [0.15, 0.2) is 17.5 Å². The van der Waals surface area contributed by atoms with Crippen molar-refractivity contribution in [2.75, 3.05) is 25.6 Å². The summed E-state index contributed by atoms with van der Waals surface area (Å²) in [7, 11) is 1.56. The van der Waals surface area contributed by atoms with Crippen molar-refractivity contribution in [3.05, 3.63) is 78.4 Å². The Kier molecular flexibility index (Phi) is 9.92. The lowest BCUT2D eigenvalue weighted by Gasteiger charge is -2.11. The first kappa shape index (κ1) is 24.3. The summed E-state index contributed by atoms with van der Waals surface area (Å²) in [6, 6.07) is 22.5. The molecular weight excluding hydrogens is 509 g/mol. The first-order valence-corrected chi connectivity index (χ1v) is 9.48. The van der Waals surface area contributed by atoms with Gasteiger partial charge in [-0.05, 0) is 42.0 Å². The third-order valence-electron chi connectivity index (χ3n) is 4.09. The maximum Gasteiger partial charge on any atom is 0.193 e. The van der Waals surface area contributed by atoms with Gasteiger partial charge in [0, 0.05) is 11.8 Å². The highest BCUT2D eigenvalue weighted by atomic mass is 127. The molecule has 8 heteroatoms. The molecule has 0 amide bonds. The fourth-order valence-corrected chi connectivity index (χ4v) is 2.71. The molecule has 0 spiro atoms. The lowest BCUT2D eigenvalue weighted by Crippen LogP contribution is -2.22. The minimum Gasteiger partial charge on any atom is -0.493 e. The lowest BCUT2D eigenvalue weighted by atomic mass is 10.2. The van der Waals surface area contributed by atoms with E-state index in [-0.39, 0.29) is 43.1 Å². The van der Waals surface area contributed by atoms with Crippen LogP contribution >= 0.6 is 24.0 Å². The Morgan fingerprint density at radius 2 is 1.74 bits per heavy atom. The maximum absolute atomic E-state index is 8.89. The molecule has 0 heterocycles. The number of benzene rings is 3. The molecule has 3 rings (SSSR count). The number of aliphatic hydroxyl groups excluding tert-OH is 1. The molecule has 3 aromatic carbocycles. The number of rotatable bonds is 9. The van der Waals surface area contributed by atoms with E-state index in [0.29, 0.717) is 23.8 Å². The molecule has 0 aromatic heterocycles. The van der Waals surface area contributed by atoms with E-state index >= 15 is 0 Å². The van der Waals surface area contributed by atoms with E-state index in [4.69, 9.17) is 25.1 Å². The van der Waals surface area contributed by atoms with Crippen LogP contribution < -0.4 is 25.3 Å². The summed E-state index contributed by atoms with van der Waals surface area (Å²) in [5.41, 5.74) is 7.72. The van der Waals surface area contributed by atoms with E-state index in [9.17, 15) is 0 Å². The summed E-state index contributed by atoms with van der Waals surface area (Å²) in [5.74, 6) is 2.89. The highest BCUT2D eigenvalue weighted by Crippen LogP contribution is 2.28. The van der Waals surface area contributed by atoms with Gasteiger partial charge in [0.2, 0.25) is 0 Å². The molecule has 0 aliphatic rings. The molecule has 31 heavy (non-hydrogen) atoms. The van der Waals surface area contributed by atoms with Crippen molar-refractivity contribution in [2.24, 2.45) is 10.7 Å². The largest absolute Gasteiger partial charge is 0.493 e. The molecule has 7 nitrogen and oxygen atoms in total. The van der Waals surface area contributed by atoms with Crippen molar-refractivity contribution in [1.29, 1.82) is 0 Å². The second-order valence-electron chi connectivity index (χ2n) is 6.33. The molecule has 0 aliphatic heterocycles. The standard InChI is InChI=1S/C23H25N3O4.HI/c1-28-22-14-17(10-11-21(22)29-13-12-27)16-25-23(24)26-18-6-5-9-20(15-18)30-19-7-3-2-4-8-19;/h2-11,14-15,27H,12-13,16H2,1H3,(H3,24,25,26);1H. The third-order valence-corrected chi connectivity index (χ3v) is 4.09. The molecule has 0 atom stereocenters. The van der Waals surface area contributed by atoms with Gasteiger partial charge in [-0.3, -0.25) is 0 Å². The van der Waals surface area contributed by atoms with Gasteiger partial charge in [-0.25, -0.2) is 4.99 Å². The Balaban J connectivity index is 0.00000341. The van der Waals surface area contributed by atoms with Crippen LogP contribution in [0, 0.1) is 0 Å². The van der Waals surface area contributed by atoms with Crippen LogP contribution in [0.1, 0.15) is 5.56 Å². The number of nitrogens with zero attached hydrogens (tertiary/aromatic N) is 1. The third kappa shape index (κ3) is 7.65. The zero-order valence-electron chi connectivity index (χ0n) is 17.2. The summed E-state index contributed by atoms with van der Waals surface area (Å²) < 4.78 is 16.6. The van der Waals surface area contributed by atoms with E-state index in [1.807, 2.05) is 66.7 Å². The number of guanidine groups is 1. The minimum atomic E-state index is -0.0605. The number of hydrogen-bond donors (Lipinski definition) is 3. The minimum absolute atomic E-state index is 0. The summed E-state index contributed by atoms with van der Waals surface area (Å²) in [5, 5.41) is 12.0.